The van der Waals surface area contributed by atoms with Gasteiger partial charge in [0.2, 0.25) is 0 Å². The van der Waals surface area contributed by atoms with Crippen LogP contribution in [0.5, 0.6) is 11.5 Å². The number of fused-ring (bicyclic) bond motifs is 4. The topological polar surface area (TPSA) is 61.8 Å². The van der Waals surface area contributed by atoms with Gasteiger partial charge in [-0.05, 0) is 67.1 Å². The molecule has 0 aromatic heterocycles. The lowest BCUT2D eigenvalue weighted by atomic mass is 9.82. The third-order valence-electron chi connectivity index (χ3n) is 5.68. The molecule has 4 rings (SSSR count). The van der Waals surface area contributed by atoms with E-state index < -0.39 is 5.72 Å². The molecular weight excluding hydrogens is 352 g/mol. The van der Waals surface area contributed by atoms with E-state index in [0.717, 1.165) is 27.9 Å². The van der Waals surface area contributed by atoms with E-state index in [1.54, 1.807) is 11.0 Å². The molecule has 0 aliphatic carbocycles. The second-order valence-electron chi connectivity index (χ2n) is 9.33. The average Bonchev–Trinajstić information content (AvgIpc) is 2.53. The number of nitrogens with one attached hydrogen (secondary N) is 1. The molecule has 2 amide bonds. The Hall–Kier alpha value is -2.69. The van der Waals surface area contributed by atoms with Gasteiger partial charge in [0, 0.05) is 17.7 Å². The molecule has 1 fully saturated rings. The Morgan fingerprint density at radius 3 is 2.39 bits per heavy atom. The Balaban J connectivity index is 1.82. The van der Waals surface area contributed by atoms with Gasteiger partial charge in [-0.1, -0.05) is 26.8 Å². The standard InChI is InChI=1S/C23H28N2O3/c1-13-7-14(2)9-16(8-13)25-21(27)24-18-12-23(25,6)28-20-17(18)10-15(11-19(20)26)22(3,4)5/h7-11,18,26H,12H2,1-6H3,(H,24,27)/t18-,23+/m1/s1. The number of ether oxygens (including phenoxy) is 1. The Kier molecular flexibility index (Phi) is 3.93. The second kappa shape index (κ2) is 5.90. The number of aryl methyl sites for hydroxylation is 2. The van der Waals surface area contributed by atoms with Crippen molar-refractivity contribution in [3.8, 4) is 11.5 Å². The van der Waals surface area contributed by atoms with Crippen LogP contribution in [0.3, 0.4) is 0 Å². The highest BCUT2D eigenvalue weighted by Crippen LogP contribution is 2.50. The number of urea groups is 1. The fraction of sp³-hybridized carbons (Fsp3) is 0.435. The summed E-state index contributed by atoms with van der Waals surface area (Å²) >= 11 is 0. The molecule has 148 valence electrons. The van der Waals surface area contributed by atoms with Crippen molar-refractivity contribution < 1.29 is 14.6 Å². The van der Waals surface area contributed by atoms with Gasteiger partial charge in [-0.3, -0.25) is 4.90 Å². The van der Waals surface area contributed by atoms with Crippen molar-refractivity contribution in [2.45, 2.75) is 65.1 Å². The Morgan fingerprint density at radius 1 is 1.14 bits per heavy atom. The lowest BCUT2D eigenvalue weighted by Crippen LogP contribution is -2.65. The molecule has 2 aromatic rings. The van der Waals surface area contributed by atoms with E-state index in [4.69, 9.17) is 4.74 Å². The van der Waals surface area contributed by atoms with Crippen LogP contribution in [0.1, 0.15) is 62.4 Å². The van der Waals surface area contributed by atoms with Crippen LogP contribution in [0.25, 0.3) is 0 Å². The first-order chi connectivity index (χ1) is 13.0. The maximum absolute atomic E-state index is 13.1. The summed E-state index contributed by atoms with van der Waals surface area (Å²) in [6, 6.07) is 9.48. The summed E-state index contributed by atoms with van der Waals surface area (Å²) in [7, 11) is 0. The minimum absolute atomic E-state index is 0.114. The van der Waals surface area contributed by atoms with Crippen molar-refractivity contribution in [3.05, 3.63) is 52.6 Å². The van der Waals surface area contributed by atoms with Gasteiger partial charge in [0.1, 0.15) is 0 Å². The molecule has 0 unspecified atom stereocenters. The van der Waals surface area contributed by atoms with E-state index >= 15 is 0 Å². The molecular formula is C23H28N2O3. The van der Waals surface area contributed by atoms with Gasteiger partial charge in [0.15, 0.2) is 17.2 Å². The largest absolute Gasteiger partial charge is 0.504 e. The normalized spacial score (nSPS) is 23.7. The highest BCUT2D eigenvalue weighted by atomic mass is 16.5. The van der Waals surface area contributed by atoms with Gasteiger partial charge in [-0.15, -0.1) is 0 Å². The molecule has 28 heavy (non-hydrogen) atoms. The molecule has 5 nitrogen and oxygen atoms in total. The summed E-state index contributed by atoms with van der Waals surface area (Å²) in [5.41, 5.74) is 3.84. The average molecular weight is 380 g/mol. The van der Waals surface area contributed by atoms with Crippen molar-refractivity contribution in [2.24, 2.45) is 0 Å². The van der Waals surface area contributed by atoms with E-state index in [1.165, 1.54) is 0 Å². The summed E-state index contributed by atoms with van der Waals surface area (Å²) in [5.74, 6) is 0.580. The minimum Gasteiger partial charge on any atom is -0.504 e. The Morgan fingerprint density at radius 2 is 1.79 bits per heavy atom. The number of carbonyl (C=O) groups is 1. The van der Waals surface area contributed by atoms with Crippen molar-refractivity contribution in [3.63, 3.8) is 0 Å². The molecule has 2 atom stereocenters. The lowest BCUT2D eigenvalue weighted by Gasteiger charge is -2.51. The summed E-state index contributed by atoms with van der Waals surface area (Å²) in [5, 5.41) is 13.8. The molecule has 1 saturated heterocycles. The van der Waals surface area contributed by atoms with Gasteiger partial charge in [0.05, 0.1) is 6.04 Å². The SMILES string of the molecule is Cc1cc(C)cc(N2C(=O)N[C@@H]3C[C@]2(C)Oc2c(O)cc(C(C)(C)C)cc23)c1. The molecule has 2 aliphatic rings. The first kappa shape index (κ1) is 18.7. The number of hydrogen-bond acceptors (Lipinski definition) is 3. The summed E-state index contributed by atoms with van der Waals surface area (Å²) in [6.07, 6.45) is 0.603. The van der Waals surface area contributed by atoms with Crippen molar-refractivity contribution in [2.75, 3.05) is 4.90 Å². The Labute approximate surface area is 166 Å². The van der Waals surface area contributed by atoms with Crippen LogP contribution < -0.4 is 15.0 Å². The number of anilines is 1. The monoisotopic (exact) mass is 380 g/mol. The molecule has 2 aliphatic heterocycles. The predicted octanol–water partition coefficient (Wildman–Crippen LogP) is 5.08. The van der Waals surface area contributed by atoms with Crippen LogP contribution in [-0.2, 0) is 5.41 Å². The number of carbonyl (C=O) groups excluding carboxylic acids is 1. The summed E-state index contributed by atoms with van der Waals surface area (Å²) < 4.78 is 6.32. The molecule has 0 saturated carbocycles. The molecule has 0 spiro atoms. The molecule has 2 bridgehead atoms. The number of nitrogens with zero attached hydrogens (tertiary/aromatic N) is 1. The number of rotatable bonds is 1. The highest BCUT2D eigenvalue weighted by molar-refractivity contribution is 5.95. The molecule has 2 heterocycles. The lowest BCUT2D eigenvalue weighted by molar-refractivity contribution is 0.0348. The third kappa shape index (κ3) is 2.89. The van der Waals surface area contributed by atoms with Crippen LogP contribution in [0.4, 0.5) is 10.5 Å². The molecule has 2 N–H and O–H groups in total. The maximum atomic E-state index is 13.1. The zero-order chi connectivity index (χ0) is 20.4. The number of amides is 2. The second-order valence-corrected chi connectivity index (χ2v) is 9.33. The number of phenolic OH excluding ortho intramolecular Hbond substituents is 1. The number of benzene rings is 2. The van der Waals surface area contributed by atoms with Gasteiger partial charge in [0.25, 0.3) is 0 Å². The zero-order valence-electron chi connectivity index (χ0n) is 17.4. The molecule has 0 radical (unpaired) electrons. The first-order valence-electron chi connectivity index (χ1n) is 9.73. The Bertz CT molecular complexity index is 956. The van der Waals surface area contributed by atoms with Crippen LogP contribution in [0.2, 0.25) is 0 Å². The van der Waals surface area contributed by atoms with Crippen molar-refractivity contribution >= 4 is 11.7 Å². The first-order valence-corrected chi connectivity index (χ1v) is 9.73. The number of hydrogen-bond donors (Lipinski definition) is 2. The number of aromatic hydroxyl groups is 1. The van der Waals surface area contributed by atoms with Crippen molar-refractivity contribution in [1.82, 2.24) is 5.32 Å². The van der Waals surface area contributed by atoms with E-state index in [9.17, 15) is 9.90 Å². The fourth-order valence-electron chi connectivity index (χ4n) is 4.35. The van der Waals surface area contributed by atoms with Gasteiger partial charge in [-0.2, -0.15) is 0 Å². The zero-order valence-corrected chi connectivity index (χ0v) is 17.4. The summed E-state index contributed by atoms with van der Waals surface area (Å²) in [4.78, 5) is 14.8. The molecule has 2 aromatic carbocycles. The van der Waals surface area contributed by atoms with Crippen LogP contribution in [0, 0.1) is 13.8 Å². The van der Waals surface area contributed by atoms with E-state index in [-0.39, 0.29) is 23.2 Å². The smallest absolute Gasteiger partial charge is 0.325 e. The van der Waals surface area contributed by atoms with Gasteiger partial charge < -0.3 is 15.2 Å². The molecule has 5 heteroatoms. The van der Waals surface area contributed by atoms with E-state index in [0.29, 0.717) is 12.2 Å². The van der Waals surface area contributed by atoms with Gasteiger partial charge in [-0.25, -0.2) is 4.79 Å². The minimum atomic E-state index is -0.874. The highest BCUT2D eigenvalue weighted by Gasteiger charge is 2.50. The fourth-order valence-corrected chi connectivity index (χ4v) is 4.35. The van der Waals surface area contributed by atoms with E-state index in [2.05, 4.69) is 32.2 Å². The van der Waals surface area contributed by atoms with Crippen LogP contribution in [0.15, 0.2) is 30.3 Å². The van der Waals surface area contributed by atoms with E-state index in [1.807, 2.05) is 39.0 Å². The quantitative estimate of drug-likeness (QED) is 0.725. The van der Waals surface area contributed by atoms with Crippen molar-refractivity contribution in [1.29, 1.82) is 0 Å². The van der Waals surface area contributed by atoms with Crippen LogP contribution >= 0.6 is 0 Å². The number of phenols is 1. The summed E-state index contributed by atoms with van der Waals surface area (Å²) in [6.45, 7) is 12.2. The maximum Gasteiger partial charge on any atom is 0.325 e. The van der Waals surface area contributed by atoms with Crippen LogP contribution in [-0.4, -0.2) is 16.9 Å². The van der Waals surface area contributed by atoms with Gasteiger partial charge >= 0.3 is 6.03 Å². The third-order valence-corrected chi connectivity index (χ3v) is 5.68. The predicted molar refractivity (Wildman–Crippen MR) is 110 cm³/mol.